The lowest BCUT2D eigenvalue weighted by Crippen LogP contribution is -2.56. The maximum atomic E-state index is 12.9. The fraction of sp³-hybridized carbons (Fsp3) is 0.667. The highest BCUT2D eigenvalue weighted by Gasteiger charge is 2.34. The molecule has 0 aromatic heterocycles. The summed E-state index contributed by atoms with van der Waals surface area (Å²) in [5, 5.41) is 25.4. The summed E-state index contributed by atoms with van der Waals surface area (Å²) in [5.41, 5.74) is 0. The summed E-state index contributed by atoms with van der Waals surface area (Å²) in [4.78, 5) is 110. The van der Waals surface area contributed by atoms with Gasteiger partial charge in [0.2, 0.25) is 47.3 Å². The molecule has 1 fully saturated rings. The molecule has 8 N–H and O–H groups in total. The Bertz CT molecular complexity index is 1150. The van der Waals surface area contributed by atoms with Crippen molar-refractivity contribution >= 4 is 53.2 Å². The predicted molar refractivity (Wildman–Crippen MR) is 157 cm³/mol. The first-order chi connectivity index (χ1) is 21.1. The standard InChI is InChI=1S/C27H44N8O10/c1-6-14(2)23(26(43)33-15(3)24(41)30-12-20(38)32-16(4)27(44)45)34-21(39)11-29-19(37)10-31-25(42)18-8-7-9-35(18)22(40)13-28-17(5)36/h14-16,18,23H,6-13H2,1-5H3,(H,28,36)(H,29,37)(H,30,41)(H,31,42)(H,32,38)(H,33,43)(H,34,39)(H,44,45)/t14-,15-,16-,18-,23-/m0/s1. The Morgan fingerprint density at radius 2 is 1.33 bits per heavy atom. The van der Waals surface area contributed by atoms with Gasteiger partial charge in [-0.1, -0.05) is 20.3 Å². The molecule has 18 nitrogen and oxygen atoms in total. The van der Waals surface area contributed by atoms with Crippen molar-refractivity contribution in [1.82, 2.24) is 42.1 Å². The van der Waals surface area contributed by atoms with E-state index in [-0.39, 0.29) is 18.4 Å². The Kier molecular flexibility index (Phi) is 16.0. The molecular weight excluding hydrogens is 596 g/mol. The van der Waals surface area contributed by atoms with Crippen molar-refractivity contribution in [3.05, 3.63) is 0 Å². The van der Waals surface area contributed by atoms with E-state index in [1.807, 2.05) is 0 Å². The molecule has 1 saturated heterocycles. The summed E-state index contributed by atoms with van der Waals surface area (Å²) >= 11 is 0. The number of aliphatic carboxylic acids is 1. The van der Waals surface area contributed by atoms with Crippen LogP contribution < -0.4 is 37.2 Å². The van der Waals surface area contributed by atoms with Crippen LogP contribution in [-0.2, 0) is 43.2 Å². The highest BCUT2D eigenvalue weighted by molar-refractivity contribution is 5.95. The van der Waals surface area contributed by atoms with Crippen LogP contribution in [0.2, 0.25) is 0 Å². The van der Waals surface area contributed by atoms with Gasteiger partial charge in [-0.15, -0.1) is 0 Å². The van der Waals surface area contributed by atoms with Crippen molar-refractivity contribution in [3.63, 3.8) is 0 Å². The number of carboxylic acid groups (broad SMARTS) is 1. The third kappa shape index (κ3) is 13.6. The van der Waals surface area contributed by atoms with Gasteiger partial charge in [-0.3, -0.25) is 43.2 Å². The summed E-state index contributed by atoms with van der Waals surface area (Å²) in [6, 6.07) is -4.12. The summed E-state index contributed by atoms with van der Waals surface area (Å²) in [7, 11) is 0. The maximum absolute atomic E-state index is 12.9. The van der Waals surface area contributed by atoms with Crippen molar-refractivity contribution in [3.8, 4) is 0 Å². The highest BCUT2D eigenvalue weighted by Crippen LogP contribution is 2.17. The van der Waals surface area contributed by atoms with Crippen LogP contribution in [0.25, 0.3) is 0 Å². The van der Waals surface area contributed by atoms with Crippen LogP contribution in [0.4, 0.5) is 0 Å². The summed E-state index contributed by atoms with van der Waals surface area (Å²) in [6.45, 7) is 5.96. The number of hydrogen-bond donors (Lipinski definition) is 8. The minimum Gasteiger partial charge on any atom is -0.480 e. The van der Waals surface area contributed by atoms with E-state index in [0.29, 0.717) is 25.8 Å². The number of hydrogen-bond acceptors (Lipinski definition) is 9. The van der Waals surface area contributed by atoms with E-state index in [1.54, 1.807) is 13.8 Å². The SMILES string of the molecule is CC[C@H](C)[C@H](NC(=O)CNC(=O)CNC(=O)[C@@H]1CCCN1C(=O)CNC(C)=O)C(=O)N[C@@H](C)C(=O)NCC(=O)N[C@@H](C)C(=O)O. The Morgan fingerprint density at radius 3 is 1.93 bits per heavy atom. The van der Waals surface area contributed by atoms with Gasteiger partial charge in [0, 0.05) is 13.5 Å². The molecule has 1 heterocycles. The number of carbonyl (C=O) groups excluding carboxylic acids is 8. The van der Waals surface area contributed by atoms with Crippen LogP contribution in [0.15, 0.2) is 0 Å². The molecule has 0 aromatic rings. The largest absolute Gasteiger partial charge is 0.480 e. The lowest BCUT2D eigenvalue weighted by molar-refractivity contribution is -0.141. The van der Waals surface area contributed by atoms with Gasteiger partial charge in [-0.2, -0.15) is 0 Å². The summed E-state index contributed by atoms with van der Waals surface area (Å²) < 4.78 is 0. The molecule has 1 aliphatic rings. The number of amides is 8. The van der Waals surface area contributed by atoms with Gasteiger partial charge in [-0.05, 0) is 32.6 Å². The first-order valence-electron chi connectivity index (χ1n) is 14.5. The van der Waals surface area contributed by atoms with Crippen molar-refractivity contribution in [2.75, 3.05) is 32.7 Å². The normalized spacial score (nSPS) is 16.6. The molecule has 8 amide bonds. The predicted octanol–water partition coefficient (Wildman–Crippen LogP) is -3.91. The monoisotopic (exact) mass is 640 g/mol. The van der Waals surface area contributed by atoms with Crippen LogP contribution in [0.1, 0.15) is 53.9 Å². The fourth-order valence-corrected chi connectivity index (χ4v) is 4.14. The van der Waals surface area contributed by atoms with Gasteiger partial charge in [0.25, 0.3) is 0 Å². The maximum Gasteiger partial charge on any atom is 0.325 e. The molecule has 0 spiro atoms. The zero-order valence-corrected chi connectivity index (χ0v) is 26.1. The molecule has 45 heavy (non-hydrogen) atoms. The van der Waals surface area contributed by atoms with Gasteiger partial charge >= 0.3 is 5.97 Å². The summed E-state index contributed by atoms with van der Waals surface area (Å²) in [6.07, 6.45) is 1.45. The van der Waals surface area contributed by atoms with Crippen LogP contribution in [-0.4, -0.2) is 120 Å². The lowest BCUT2D eigenvalue weighted by Gasteiger charge is -2.25. The van der Waals surface area contributed by atoms with Crippen LogP contribution in [0, 0.1) is 5.92 Å². The molecule has 1 aliphatic heterocycles. The molecular formula is C27H44N8O10. The van der Waals surface area contributed by atoms with E-state index in [0.717, 1.165) is 0 Å². The second-order valence-corrected chi connectivity index (χ2v) is 10.7. The molecule has 0 unspecified atom stereocenters. The minimum atomic E-state index is -1.25. The molecule has 0 radical (unpaired) electrons. The second-order valence-electron chi connectivity index (χ2n) is 10.7. The van der Waals surface area contributed by atoms with E-state index in [9.17, 15) is 43.2 Å². The molecule has 18 heteroatoms. The summed E-state index contributed by atoms with van der Waals surface area (Å²) in [5.74, 6) is -6.51. The smallest absolute Gasteiger partial charge is 0.325 e. The second kappa shape index (κ2) is 18.8. The Hall–Kier alpha value is -4.77. The third-order valence-electron chi connectivity index (χ3n) is 6.97. The quantitative estimate of drug-likeness (QED) is 0.0766. The lowest BCUT2D eigenvalue weighted by atomic mass is 9.98. The minimum absolute atomic E-state index is 0.245. The van der Waals surface area contributed by atoms with E-state index in [2.05, 4.69) is 37.2 Å². The average Bonchev–Trinajstić information content (AvgIpc) is 3.48. The topological polar surface area (TPSA) is 261 Å². The Labute approximate surface area is 260 Å². The van der Waals surface area contributed by atoms with E-state index < -0.39 is 91.1 Å². The van der Waals surface area contributed by atoms with Crippen molar-refractivity contribution < 1.29 is 48.3 Å². The number of rotatable bonds is 17. The first-order valence-corrected chi connectivity index (χ1v) is 14.5. The van der Waals surface area contributed by atoms with Gasteiger partial charge < -0.3 is 47.2 Å². The number of nitrogens with one attached hydrogen (secondary N) is 7. The van der Waals surface area contributed by atoms with Crippen molar-refractivity contribution in [1.29, 1.82) is 0 Å². The van der Waals surface area contributed by atoms with Crippen molar-refractivity contribution in [2.45, 2.75) is 78.0 Å². The van der Waals surface area contributed by atoms with E-state index in [4.69, 9.17) is 5.11 Å². The Balaban J connectivity index is 2.56. The number of nitrogens with zero attached hydrogens (tertiary/aromatic N) is 1. The highest BCUT2D eigenvalue weighted by atomic mass is 16.4. The van der Waals surface area contributed by atoms with Gasteiger partial charge in [0.05, 0.1) is 26.2 Å². The number of carboxylic acids is 1. The van der Waals surface area contributed by atoms with Crippen LogP contribution in [0.5, 0.6) is 0 Å². The van der Waals surface area contributed by atoms with Crippen LogP contribution in [0.3, 0.4) is 0 Å². The van der Waals surface area contributed by atoms with Gasteiger partial charge in [0.1, 0.15) is 24.2 Å². The van der Waals surface area contributed by atoms with Crippen LogP contribution >= 0.6 is 0 Å². The zero-order chi connectivity index (χ0) is 34.3. The number of carbonyl (C=O) groups is 9. The molecule has 0 saturated carbocycles. The van der Waals surface area contributed by atoms with Gasteiger partial charge in [0.15, 0.2) is 0 Å². The van der Waals surface area contributed by atoms with E-state index in [1.165, 1.54) is 25.7 Å². The average molecular weight is 641 g/mol. The molecule has 1 rings (SSSR count). The Morgan fingerprint density at radius 1 is 0.733 bits per heavy atom. The molecule has 5 atom stereocenters. The molecule has 0 aliphatic carbocycles. The van der Waals surface area contributed by atoms with Crippen molar-refractivity contribution in [2.24, 2.45) is 5.92 Å². The number of likely N-dealkylation sites (tertiary alicyclic amines) is 1. The molecule has 0 bridgehead atoms. The molecule has 0 aromatic carbocycles. The first kappa shape index (κ1) is 38.3. The zero-order valence-electron chi connectivity index (χ0n) is 26.1. The van der Waals surface area contributed by atoms with E-state index >= 15 is 0 Å². The third-order valence-corrected chi connectivity index (χ3v) is 6.97. The molecule has 252 valence electrons. The fourth-order valence-electron chi connectivity index (χ4n) is 4.14. The van der Waals surface area contributed by atoms with Gasteiger partial charge in [-0.25, -0.2) is 0 Å².